The van der Waals surface area contributed by atoms with Crippen molar-refractivity contribution in [2.24, 2.45) is 0 Å². The lowest BCUT2D eigenvalue weighted by molar-refractivity contribution is 0.0949. The van der Waals surface area contributed by atoms with Crippen molar-refractivity contribution in [3.05, 3.63) is 82.3 Å². The second kappa shape index (κ2) is 9.36. The highest BCUT2D eigenvalue weighted by Crippen LogP contribution is 2.28. The van der Waals surface area contributed by atoms with Crippen LogP contribution in [0.2, 0.25) is 0 Å². The first-order chi connectivity index (χ1) is 12.8. The molecule has 1 N–H and O–H groups in total. The summed E-state index contributed by atoms with van der Waals surface area (Å²) in [4.78, 5) is 17.7. The molecule has 3 rings (SSSR count). The van der Waals surface area contributed by atoms with Crippen LogP contribution in [0, 0.1) is 0 Å². The van der Waals surface area contributed by atoms with Crippen LogP contribution in [0.15, 0.2) is 66.2 Å². The van der Waals surface area contributed by atoms with E-state index < -0.39 is 0 Å². The Morgan fingerprint density at radius 2 is 2.12 bits per heavy atom. The van der Waals surface area contributed by atoms with E-state index in [9.17, 15) is 4.79 Å². The zero-order valence-corrected chi connectivity index (χ0v) is 15.7. The zero-order valence-electron chi connectivity index (χ0n) is 14.1. The van der Waals surface area contributed by atoms with E-state index in [1.54, 1.807) is 29.7 Å². The summed E-state index contributed by atoms with van der Waals surface area (Å²) < 4.78 is 6.09. The number of carbonyl (C=O) groups excluding carboxylic acids is 1. The largest absolute Gasteiger partial charge is 0.485 e. The van der Waals surface area contributed by atoms with Crippen molar-refractivity contribution in [1.29, 1.82) is 0 Å². The van der Waals surface area contributed by atoms with E-state index in [0.717, 1.165) is 10.6 Å². The minimum atomic E-state index is -0.161. The van der Waals surface area contributed by atoms with Crippen LogP contribution in [-0.2, 0) is 6.54 Å². The number of benzene rings is 1. The second-order valence-electron chi connectivity index (χ2n) is 5.63. The average molecular weight is 387 g/mol. The number of nitrogens with zero attached hydrogens (tertiary/aromatic N) is 1. The molecular formula is C20H19ClN2O2S. The molecular weight excluding hydrogens is 368 g/mol. The van der Waals surface area contributed by atoms with Crippen molar-refractivity contribution in [3.8, 4) is 5.75 Å². The van der Waals surface area contributed by atoms with Crippen molar-refractivity contribution in [2.75, 3.05) is 5.88 Å². The number of rotatable bonds is 8. The minimum Gasteiger partial charge on any atom is -0.485 e. The van der Waals surface area contributed by atoms with Crippen molar-refractivity contribution < 1.29 is 9.53 Å². The van der Waals surface area contributed by atoms with Gasteiger partial charge in [-0.25, -0.2) is 0 Å². The van der Waals surface area contributed by atoms with Crippen LogP contribution >= 0.6 is 22.9 Å². The first-order valence-corrected chi connectivity index (χ1v) is 9.72. The highest BCUT2D eigenvalue weighted by atomic mass is 35.5. The quantitative estimate of drug-likeness (QED) is 0.564. The summed E-state index contributed by atoms with van der Waals surface area (Å²) in [5.74, 6) is 0.998. The van der Waals surface area contributed by atoms with E-state index in [-0.39, 0.29) is 12.0 Å². The van der Waals surface area contributed by atoms with Gasteiger partial charge in [0, 0.05) is 28.9 Å². The Labute approximate surface area is 161 Å². The van der Waals surface area contributed by atoms with E-state index in [1.165, 1.54) is 0 Å². The van der Waals surface area contributed by atoms with E-state index in [2.05, 4.69) is 10.3 Å². The first-order valence-electron chi connectivity index (χ1n) is 8.30. The van der Waals surface area contributed by atoms with Crippen molar-refractivity contribution >= 4 is 28.8 Å². The molecule has 1 aromatic carbocycles. The summed E-state index contributed by atoms with van der Waals surface area (Å²) in [6.45, 7) is 0.384. The smallest absolute Gasteiger partial charge is 0.251 e. The Bertz CT molecular complexity index is 825. The van der Waals surface area contributed by atoms with Crippen LogP contribution in [0.4, 0.5) is 0 Å². The van der Waals surface area contributed by atoms with Crippen LogP contribution in [0.3, 0.4) is 0 Å². The standard InChI is InChI=1S/C20H19ClN2O2S/c21-10-9-18(19-8-4-12-26-19)25-17-7-3-5-15(13-17)20(24)23-14-16-6-1-2-11-22-16/h1-8,11-13,18H,9-10,14H2,(H,23,24). The number of hydrogen-bond donors (Lipinski definition) is 1. The van der Waals surface area contributed by atoms with Gasteiger partial charge < -0.3 is 10.1 Å². The lowest BCUT2D eigenvalue weighted by atomic mass is 10.2. The third-order valence-corrected chi connectivity index (χ3v) is 4.95. The van der Waals surface area contributed by atoms with Crippen LogP contribution in [0.1, 0.15) is 33.5 Å². The fourth-order valence-corrected chi connectivity index (χ4v) is 3.47. The number of hydrogen-bond acceptors (Lipinski definition) is 4. The lowest BCUT2D eigenvalue weighted by Gasteiger charge is -2.17. The Morgan fingerprint density at radius 3 is 2.85 bits per heavy atom. The molecule has 26 heavy (non-hydrogen) atoms. The van der Waals surface area contributed by atoms with Gasteiger partial charge in [0.05, 0.1) is 12.2 Å². The topological polar surface area (TPSA) is 51.2 Å². The SMILES string of the molecule is O=C(NCc1ccccn1)c1cccc(OC(CCCl)c2cccs2)c1. The van der Waals surface area contributed by atoms with Gasteiger partial charge in [-0.1, -0.05) is 18.2 Å². The van der Waals surface area contributed by atoms with Gasteiger partial charge in [-0.05, 0) is 41.8 Å². The van der Waals surface area contributed by atoms with Gasteiger partial charge in [0.25, 0.3) is 5.91 Å². The molecule has 1 atom stereocenters. The molecule has 1 unspecified atom stereocenters. The Kier molecular flexibility index (Phi) is 6.63. The predicted molar refractivity (Wildman–Crippen MR) is 105 cm³/mol. The van der Waals surface area contributed by atoms with Crippen LogP contribution < -0.4 is 10.1 Å². The lowest BCUT2D eigenvalue weighted by Crippen LogP contribution is -2.23. The van der Waals surface area contributed by atoms with Gasteiger partial charge in [0.15, 0.2) is 0 Å². The molecule has 134 valence electrons. The molecule has 2 heterocycles. The summed E-state index contributed by atoms with van der Waals surface area (Å²) in [6, 6.07) is 16.8. The van der Waals surface area contributed by atoms with Crippen molar-refractivity contribution in [2.45, 2.75) is 19.1 Å². The summed E-state index contributed by atoms with van der Waals surface area (Å²) >= 11 is 7.55. The van der Waals surface area contributed by atoms with E-state index in [1.807, 2.05) is 47.8 Å². The maximum Gasteiger partial charge on any atom is 0.251 e. The third kappa shape index (κ3) is 5.07. The number of amides is 1. The highest BCUT2D eigenvalue weighted by molar-refractivity contribution is 7.10. The number of thiophene rings is 1. The normalized spacial score (nSPS) is 11.7. The highest BCUT2D eigenvalue weighted by Gasteiger charge is 2.15. The van der Waals surface area contributed by atoms with Crippen LogP contribution in [-0.4, -0.2) is 16.8 Å². The molecule has 0 saturated carbocycles. The van der Waals surface area contributed by atoms with Crippen LogP contribution in [0.25, 0.3) is 0 Å². The zero-order chi connectivity index (χ0) is 18.2. The molecule has 0 spiro atoms. The first kappa shape index (κ1) is 18.4. The maximum atomic E-state index is 12.4. The van der Waals surface area contributed by atoms with Gasteiger partial charge >= 0.3 is 0 Å². The number of nitrogens with one attached hydrogen (secondary N) is 1. The second-order valence-corrected chi connectivity index (χ2v) is 6.99. The molecule has 0 saturated heterocycles. The number of ether oxygens (including phenoxy) is 1. The van der Waals surface area contributed by atoms with Gasteiger partial charge in [0.1, 0.15) is 11.9 Å². The maximum absolute atomic E-state index is 12.4. The Hall–Kier alpha value is -2.37. The van der Waals surface area contributed by atoms with E-state index in [4.69, 9.17) is 16.3 Å². The molecule has 3 aromatic rings. The number of carbonyl (C=O) groups is 1. The summed E-state index contributed by atoms with van der Waals surface area (Å²) in [5.41, 5.74) is 1.36. The molecule has 0 radical (unpaired) electrons. The number of aromatic nitrogens is 1. The van der Waals surface area contributed by atoms with Crippen LogP contribution in [0.5, 0.6) is 5.75 Å². The molecule has 0 aliphatic carbocycles. The van der Waals surface area contributed by atoms with Gasteiger partial charge in [0.2, 0.25) is 0 Å². The minimum absolute atomic E-state index is 0.112. The summed E-state index contributed by atoms with van der Waals surface area (Å²) in [6.07, 6.45) is 2.30. The molecule has 6 heteroatoms. The molecule has 4 nitrogen and oxygen atoms in total. The molecule has 0 aliphatic heterocycles. The van der Waals surface area contributed by atoms with Gasteiger partial charge in [-0.2, -0.15) is 0 Å². The fraction of sp³-hybridized carbons (Fsp3) is 0.200. The summed E-state index contributed by atoms with van der Waals surface area (Å²) in [7, 11) is 0. The van der Waals surface area contributed by atoms with Gasteiger partial charge in [-0.3, -0.25) is 9.78 Å². The monoisotopic (exact) mass is 386 g/mol. The Balaban J connectivity index is 1.66. The number of pyridine rings is 1. The molecule has 0 bridgehead atoms. The average Bonchev–Trinajstić information content (AvgIpc) is 3.21. The molecule has 0 aliphatic rings. The summed E-state index contributed by atoms with van der Waals surface area (Å²) in [5, 5.41) is 4.89. The van der Waals surface area contributed by atoms with Crippen molar-refractivity contribution in [3.63, 3.8) is 0 Å². The third-order valence-electron chi connectivity index (χ3n) is 3.76. The molecule has 1 amide bonds. The van der Waals surface area contributed by atoms with E-state index >= 15 is 0 Å². The predicted octanol–water partition coefficient (Wildman–Crippen LogP) is 4.82. The van der Waals surface area contributed by atoms with E-state index in [0.29, 0.717) is 30.2 Å². The number of alkyl halides is 1. The fourth-order valence-electron chi connectivity index (χ4n) is 2.48. The number of halogens is 1. The Morgan fingerprint density at radius 1 is 1.19 bits per heavy atom. The molecule has 2 aromatic heterocycles. The van der Waals surface area contributed by atoms with Gasteiger partial charge in [-0.15, -0.1) is 22.9 Å². The molecule has 0 fully saturated rings. The van der Waals surface area contributed by atoms with Crippen molar-refractivity contribution in [1.82, 2.24) is 10.3 Å².